The highest BCUT2D eigenvalue weighted by atomic mass is 35.5. The van der Waals surface area contributed by atoms with Gasteiger partial charge in [-0.05, 0) is 17.7 Å². The van der Waals surface area contributed by atoms with Crippen LogP contribution < -0.4 is 11.2 Å². The Hall–Kier alpha value is -1.76. The van der Waals surface area contributed by atoms with E-state index in [1.54, 1.807) is 0 Å². The molecule has 92 valence electrons. The van der Waals surface area contributed by atoms with E-state index >= 15 is 0 Å². The molecule has 0 bridgehead atoms. The topological polar surface area (TPSA) is 67.5 Å². The van der Waals surface area contributed by atoms with Crippen LogP contribution in [0.2, 0.25) is 5.02 Å². The normalized spacial score (nSPS) is 11.8. The Morgan fingerprint density at radius 1 is 1.47 bits per heavy atom. The first-order valence-corrected chi connectivity index (χ1v) is 4.64. The molecular weight excluding hydrogens is 259 g/mol. The number of hydrazone groups is 1. The summed E-state index contributed by atoms with van der Waals surface area (Å²) in [4.78, 5) is 10.3. The van der Waals surface area contributed by atoms with Crippen molar-refractivity contribution in [3.63, 3.8) is 0 Å². The van der Waals surface area contributed by atoms with Crippen LogP contribution in [-0.4, -0.2) is 12.2 Å². The van der Waals surface area contributed by atoms with Crippen LogP contribution in [0, 0.1) is 0 Å². The first kappa shape index (κ1) is 13.3. The van der Waals surface area contributed by atoms with Crippen LogP contribution in [0.1, 0.15) is 11.1 Å². The fourth-order valence-corrected chi connectivity index (χ4v) is 1.31. The van der Waals surface area contributed by atoms with Crippen LogP contribution in [0.15, 0.2) is 23.3 Å². The molecule has 0 spiro atoms. The third kappa shape index (κ3) is 3.95. The van der Waals surface area contributed by atoms with Crippen LogP contribution in [0.25, 0.3) is 0 Å². The summed E-state index contributed by atoms with van der Waals surface area (Å²) in [5.41, 5.74) is 6.00. The molecule has 4 nitrogen and oxygen atoms in total. The van der Waals surface area contributed by atoms with Gasteiger partial charge < -0.3 is 5.73 Å². The van der Waals surface area contributed by atoms with E-state index in [0.29, 0.717) is 5.56 Å². The fraction of sp³-hybridized carbons (Fsp3) is 0.111. The number of primary amides is 1. The molecule has 8 heteroatoms. The molecule has 0 radical (unpaired) electrons. The Balaban J connectivity index is 2.90. The first-order chi connectivity index (χ1) is 7.80. The molecule has 2 amide bonds. The van der Waals surface area contributed by atoms with Gasteiger partial charge in [0.05, 0.1) is 16.8 Å². The van der Waals surface area contributed by atoms with Gasteiger partial charge in [-0.25, -0.2) is 10.2 Å². The summed E-state index contributed by atoms with van der Waals surface area (Å²) in [6.07, 6.45) is -3.38. The van der Waals surface area contributed by atoms with Gasteiger partial charge in [-0.2, -0.15) is 18.3 Å². The second kappa shape index (κ2) is 5.05. The number of urea groups is 1. The predicted octanol–water partition coefficient (Wildman–Crippen LogP) is 2.36. The predicted molar refractivity (Wildman–Crippen MR) is 56.8 cm³/mol. The minimum absolute atomic E-state index is 0.303. The second-order valence-corrected chi connectivity index (χ2v) is 3.38. The van der Waals surface area contributed by atoms with Gasteiger partial charge in [0, 0.05) is 0 Å². The van der Waals surface area contributed by atoms with Crippen LogP contribution >= 0.6 is 11.6 Å². The highest BCUT2D eigenvalue weighted by molar-refractivity contribution is 6.31. The van der Waals surface area contributed by atoms with Gasteiger partial charge >= 0.3 is 12.2 Å². The molecule has 0 saturated carbocycles. The number of nitrogens with two attached hydrogens (primary N) is 1. The molecule has 0 fully saturated rings. The Bertz CT molecular complexity index is 459. The van der Waals surface area contributed by atoms with E-state index < -0.39 is 22.8 Å². The monoisotopic (exact) mass is 265 g/mol. The van der Waals surface area contributed by atoms with Crippen molar-refractivity contribution in [1.29, 1.82) is 0 Å². The Labute approximate surface area is 99.2 Å². The van der Waals surface area contributed by atoms with Crippen molar-refractivity contribution < 1.29 is 18.0 Å². The van der Waals surface area contributed by atoms with E-state index in [4.69, 9.17) is 17.3 Å². The molecule has 0 aliphatic rings. The number of halogens is 4. The van der Waals surface area contributed by atoms with Gasteiger partial charge in [-0.1, -0.05) is 17.7 Å². The zero-order valence-electron chi connectivity index (χ0n) is 8.25. The smallest absolute Gasteiger partial charge is 0.350 e. The third-order valence-electron chi connectivity index (χ3n) is 1.69. The van der Waals surface area contributed by atoms with Crippen molar-refractivity contribution in [1.82, 2.24) is 5.43 Å². The summed E-state index contributed by atoms with van der Waals surface area (Å²) in [7, 11) is 0. The van der Waals surface area contributed by atoms with Gasteiger partial charge in [0.15, 0.2) is 0 Å². The number of nitrogens with one attached hydrogen (secondary N) is 1. The van der Waals surface area contributed by atoms with Gasteiger partial charge in [0.25, 0.3) is 0 Å². The van der Waals surface area contributed by atoms with Crippen molar-refractivity contribution in [2.24, 2.45) is 10.8 Å². The number of hydrogen-bond acceptors (Lipinski definition) is 2. The van der Waals surface area contributed by atoms with E-state index in [9.17, 15) is 18.0 Å². The maximum atomic E-state index is 12.3. The number of rotatable bonds is 2. The molecule has 0 atom stereocenters. The molecule has 0 aliphatic carbocycles. The van der Waals surface area contributed by atoms with Crippen molar-refractivity contribution in [3.05, 3.63) is 34.3 Å². The van der Waals surface area contributed by atoms with E-state index in [1.165, 1.54) is 6.07 Å². The zero-order valence-corrected chi connectivity index (χ0v) is 9.01. The lowest BCUT2D eigenvalue weighted by Crippen LogP contribution is -2.24. The van der Waals surface area contributed by atoms with Crippen molar-refractivity contribution >= 4 is 23.8 Å². The lowest BCUT2D eigenvalue weighted by atomic mass is 10.1. The molecule has 17 heavy (non-hydrogen) atoms. The van der Waals surface area contributed by atoms with Crippen molar-refractivity contribution in [2.45, 2.75) is 6.18 Å². The molecule has 1 aromatic carbocycles. The quantitative estimate of drug-likeness (QED) is 0.625. The molecule has 3 N–H and O–H groups in total. The minimum Gasteiger partial charge on any atom is -0.350 e. The Kier molecular flexibility index (Phi) is 3.95. The minimum atomic E-state index is -4.50. The summed E-state index contributed by atoms with van der Waals surface area (Å²) in [6, 6.07) is 2.20. The highest BCUT2D eigenvalue weighted by Gasteiger charge is 2.32. The number of nitrogens with zero attached hydrogens (tertiary/aromatic N) is 1. The SMILES string of the molecule is NC(=O)NN=Cc1ccc(C(F)(F)F)c(Cl)c1. The molecule has 0 unspecified atom stereocenters. The number of hydrogen-bond donors (Lipinski definition) is 2. The molecule has 0 aliphatic heterocycles. The van der Waals surface area contributed by atoms with Gasteiger partial charge in [0.2, 0.25) is 0 Å². The number of carbonyl (C=O) groups is 1. The van der Waals surface area contributed by atoms with Crippen LogP contribution in [-0.2, 0) is 6.18 Å². The maximum absolute atomic E-state index is 12.3. The average Bonchev–Trinajstić information content (AvgIpc) is 2.14. The number of alkyl halides is 3. The summed E-state index contributed by atoms with van der Waals surface area (Å²) in [5.74, 6) is 0. The average molecular weight is 266 g/mol. The summed E-state index contributed by atoms with van der Waals surface area (Å²) in [6.45, 7) is 0. The Morgan fingerprint density at radius 3 is 2.59 bits per heavy atom. The second-order valence-electron chi connectivity index (χ2n) is 2.97. The number of carbonyl (C=O) groups excluding carboxylic acids is 1. The van der Waals surface area contributed by atoms with Gasteiger partial charge in [-0.3, -0.25) is 0 Å². The van der Waals surface area contributed by atoms with Gasteiger partial charge in [-0.15, -0.1) is 0 Å². The van der Waals surface area contributed by atoms with E-state index in [2.05, 4.69) is 5.10 Å². The van der Waals surface area contributed by atoms with Crippen LogP contribution in [0.5, 0.6) is 0 Å². The van der Waals surface area contributed by atoms with E-state index in [1.807, 2.05) is 5.43 Å². The van der Waals surface area contributed by atoms with Crippen molar-refractivity contribution in [2.75, 3.05) is 0 Å². The van der Waals surface area contributed by atoms with Gasteiger partial charge in [0.1, 0.15) is 0 Å². The van der Waals surface area contributed by atoms with E-state index in [-0.39, 0.29) is 0 Å². The van der Waals surface area contributed by atoms with E-state index in [0.717, 1.165) is 18.3 Å². The molecule has 0 saturated heterocycles. The zero-order chi connectivity index (χ0) is 13.1. The molecule has 0 aromatic heterocycles. The van der Waals surface area contributed by atoms with Crippen LogP contribution in [0.4, 0.5) is 18.0 Å². The number of amides is 2. The third-order valence-corrected chi connectivity index (χ3v) is 2.00. The first-order valence-electron chi connectivity index (χ1n) is 4.26. The lowest BCUT2D eigenvalue weighted by Gasteiger charge is -2.08. The molecule has 1 aromatic rings. The summed E-state index contributed by atoms with van der Waals surface area (Å²) in [5, 5.41) is 2.94. The molecule has 0 heterocycles. The van der Waals surface area contributed by atoms with Crippen LogP contribution in [0.3, 0.4) is 0 Å². The Morgan fingerprint density at radius 2 is 2.12 bits per heavy atom. The standard InChI is InChI=1S/C9H7ClF3N3O/c10-7-3-5(4-15-16-8(14)17)1-2-6(7)9(11,12)13/h1-4H,(H3,14,16,17). The molecule has 1 rings (SSSR count). The highest BCUT2D eigenvalue weighted by Crippen LogP contribution is 2.34. The summed E-state index contributed by atoms with van der Waals surface area (Å²) < 4.78 is 37.0. The fourth-order valence-electron chi connectivity index (χ4n) is 1.01. The summed E-state index contributed by atoms with van der Waals surface area (Å²) >= 11 is 5.46. The molecular formula is C9H7ClF3N3O. The largest absolute Gasteiger partial charge is 0.417 e. The number of benzene rings is 1. The maximum Gasteiger partial charge on any atom is 0.417 e. The lowest BCUT2D eigenvalue weighted by molar-refractivity contribution is -0.137. The van der Waals surface area contributed by atoms with Crippen molar-refractivity contribution in [3.8, 4) is 0 Å².